The highest BCUT2D eigenvalue weighted by Crippen LogP contribution is 2.28. The van der Waals surface area contributed by atoms with Crippen molar-refractivity contribution in [3.05, 3.63) is 71.4 Å². The van der Waals surface area contributed by atoms with Gasteiger partial charge in [0.2, 0.25) is 17.8 Å². The van der Waals surface area contributed by atoms with E-state index in [2.05, 4.69) is 65.8 Å². The number of methoxy groups -OCH3 is 1. The Morgan fingerprint density at radius 2 is 1.67 bits per heavy atom. The Labute approximate surface area is 358 Å². The van der Waals surface area contributed by atoms with Crippen LogP contribution in [0, 0.1) is 11.8 Å². The Hall–Kier alpha value is -6.10. The molecule has 0 radical (unpaired) electrons. The van der Waals surface area contributed by atoms with Crippen LogP contribution in [0.25, 0.3) is 11.0 Å². The van der Waals surface area contributed by atoms with E-state index in [0.29, 0.717) is 44.7 Å². The number of aromatic nitrogens is 3. The number of anilines is 3. The molecule has 1 saturated heterocycles. The highest BCUT2D eigenvalue weighted by atomic mass is 16.6. The Kier molecular flexibility index (Phi) is 16.5. The standard InChI is InChI=1S/C44H63N11O6/c1-7-8-9-19-47-39-38-35(51-42(45)52-39)18-21-55(38)24-32-15-12-31(22-37(32)60-6)23-54-25-34(26-54)53(5)44(59)61-27-30-13-16-33(17-14-30)49-41(57)36(11-10-20-48-43(46)58)50-40(56)29(4)28(2)3/h12-18,21-22,28-29,34,36H,7-11,19-20,23-27H2,1-6H3,(H,49,57)(H,50,56)(H3,46,48,58)(H3,45,47,51,52)/t29-,36-/m0/s1. The lowest BCUT2D eigenvalue weighted by Crippen LogP contribution is -2.59. The predicted molar refractivity (Wildman–Crippen MR) is 237 cm³/mol. The summed E-state index contributed by atoms with van der Waals surface area (Å²) in [4.78, 5) is 62.9. The average molecular weight is 842 g/mol. The van der Waals surface area contributed by atoms with Crippen molar-refractivity contribution in [1.29, 1.82) is 0 Å². The molecule has 1 aliphatic heterocycles. The fraction of sp³-hybridized carbons (Fsp3) is 0.500. The second-order valence-electron chi connectivity index (χ2n) is 16.1. The lowest BCUT2D eigenvalue weighted by Gasteiger charge is -2.43. The summed E-state index contributed by atoms with van der Waals surface area (Å²) in [7, 11) is 3.43. The van der Waals surface area contributed by atoms with Gasteiger partial charge in [-0.1, -0.05) is 64.8 Å². The van der Waals surface area contributed by atoms with Crippen LogP contribution in [0.4, 0.5) is 27.0 Å². The highest BCUT2D eigenvalue weighted by molar-refractivity contribution is 5.97. The number of nitrogen functional groups attached to an aromatic ring is 1. The van der Waals surface area contributed by atoms with Gasteiger partial charge in [0.1, 0.15) is 23.9 Å². The van der Waals surface area contributed by atoms with Crippen LogP contribution >= 0.6 is 0 Å². The van der Waals surface area contributed by atoms with E-state index in [0.717, 1.165) is 65.1 Å². The number of carbonyl (C=O) groups is 4. The molecule has 1 fully saturated rings. The topological polar surface area (TPSA) is 224 Å². The molecular weight excluding hydrogens is 779 g/mol. The Morgan fingerprint density at radius 3 is 2.36 bits per heavy atom. The van der Waals surface area contributed by atoms with E-state index in [1.807, 2.05) is 33.0 Å². The van der Waals surface area contributed by atoms with Gasteiger partial charge in [0.05, 0.1) is 25.2 Å². The van der Waals surface area contributed by atoms with Gasteiger partial charge < -0.3 is 51.7 Å². The summed E-state index contributed by atoms with van der Waals surface area (Å²) in [6.45, 7) is 11.7. The normalized spacial score (nSPS) is 13.9. The van der Waals surface area contributed by atoms with Gasteiger partial charge in [-0.2, -0.15) is 4.98 Å². The summed E-state index contributed by atoms with van der Waals surface area (Å²) in [6, 6.07) is 13.8. The molecule has 2 aromatic carbocycles. The number of hydrogen-bond acceptors (Lipinski definition) is 11. The van der Waals surface area contributed by atoms with Crippen LogP contribution in [0.5, 0.6) is 5.75 Å². The molecule has 0 saturated carbocycles. The lowest BCUT2D eigenvalue weighted by atomic mass is 9.96. The molecule has 0 unspecified atom stereocenters. The number of benzene rings is 2. The third kappa shape index (κ3) is 12.9. The molecule has 330 valence electrons. The minimum atomic E-state index is -0.804. The zero-order valence-corrected chi connectivity index (χ0v) is 36.3. The van der Waals surface area contributed by atoms with Crippen molar-refractivity contribution in [3.63, 3.8) is 0 Å². The number of urea groups is 1. The molecule has 1 aliphatic rings. The molecule has 0 bridgehead atoms. The van der Waals surface area contributed by atoms with Crippen LogP contribution in [0.3, 0.4) is 0 Å². The Bertz CT molecular complexity index is 2100. The first-order valence-corrected chi connectivity index (χ1v) is 21.1. The van der Waals surface area contributed by atoms with Crippen molar-refractivity contribution < 1.29 is 28.7 Å². The van der Waals surface area contributed by atoms with Gasteiger partial charge in [-0.15, -0.1) is 0 Å². The number of nitrogens with one attached hydrogen (secondary N) is 4. The maximum atomic E-state index is 13.2. The number of hydrogen-bond donors (Lipinski definition) is 6. The van der Waals surface area contributed by atoms with Crippen LogP contribution in [0.1, 0.15) is 76.5 Å². The van der Waals surface area contributed by atoms with Gasteiger partial charge >= 0.3 is 12.1 Å². The number of likely N-dealkylation sites (N-methyl/N-ethyl adjacent to an activating group) is 1. The van der Waals surface area contributed by atoms with Crippen LogP contribution in [0.2, 0.25) is 0 Å². The summed E-state index contributed by atoms with van der Waals surface area (Å²) in [5.41, 5.74) is 16.3. The molecule has 2 atom stereocenters. The van der Waals surface area contributed by atoms with E-state index >= 15 is 0 Å². The number of nitrogens with two attached hydrogens (primary N) is 2. The summed E-state index contributed by atoms with van der Waals surface area (Å²) >= 11 is 0. The maximum absolute atomic E-state index is 13.2. The van der Waals surface area contributed by atoms with E-state index in [4.69, 9.17) is 20.9 Å². The molecule has 4 aromatic rings. The molecular formula is C44H63N11O6. The van der Waals surface area contributed by atoms with E-state index in [9.17, 15) is 19.2 Å². The average Bonchev–Trinajstić information content (AvgIpc) is 3.62. The van der Waals surface area contributed by atoms with Crippen molar-refractivity contribution in [2.75, 3.05) is 56.7 Å². The molecule has 0 aliphatic carbocycles. The molecule has 17 nitrogen and oxygen atoms in total. The number of ether oxygens (including phenoxy) is 2. The first-order valence-electron chi connectivity index (χ1n) is 21.1. The molecule has 2 aromatic heterocycles. The third-order valence-electron chi connectivity index (χ3n) is 11.2. The number of carbonyl (C=O) groups excluding carboxylic acids is 4. The number of fused-ring (bicyclic) bond motifs is 1. The first-order chi connectivity index (χ1) is 29.3. The van der Waals surface area contributed by atoms with Gasteiger partial charge in [0.25, 0.3) is 0 Å². The van der Waals surface area contributed by atoms with Crippen LogP contribution in [-0.4, -0.2) is 101 Å². The highest BCUT2D eigenvalue weighted by Gasteiger charge is 2.33. The van der Waals surface area contributed by atoms with Crippen molar-refractivity contribution in [2.24, 2.45) is 17.6 Å². The molecule has 0 spiro atoms. The lowest BCUT2D eigenvalue weighted by molar-refractivity contribution is -0.130. The SMILES string of the molecule is CCCCCNc1nc(N)nc2ccn(Cc3ccc(CN4CC(N(C)C(=O)OCc5ccc(NC(=O)[C@H](CCCNC(N)=O)NC(=O)[C@@H](C)C(C)C)cc5)C4)cc3OC)c12. The number of primary amides is 1. The fourth-order valence-corrected chi connectivity index (χ4v) is 7.04. The second-order valence-corrected chi connectivity index (χ2v) is 16.1. The van der Waals surface area contributed by atoms with Gasteiger partial charge in [-0.05, 0) is 60.6 Å². The van der Waals surface area contributed by atoms with E-state index < -0.39 is 18.2 Å². The number of unbranched alkanes of at least 4 members (excludes halogenated alkanes) is 2. The van der Waals surface area contributed by atoms with Crippen molar-refractivity contribution in [1.82, 2.24) is 35.0 Å². The van der Waals surface area contributed by atoms with Gasteiger partial charge in [0.15, 0.2) is 5.82 Å². The zero-order valence-electron chi connectivity index (χ0n) is 36.3. The smallest absolute Gasteiger partial charge is 0.410 e. The van der Waals surface area contributed by atoms with Crippen LogP contribution in [0.15, 0.2) is 54.7 Å². The summed E-state index contributed by atoms with van der Waals surface area (Å²) in [5.74, 6) is 0.984. The van der Waals surface area contributed by atoms with E-state index in [1.54, 1.807) is 43.3 Å². The van der Waals surface area contributed by atoms with Gasteiger partial charge in [0, 0.05) is 63.1 Å². The Balaban J connectivity index is 1.08. The molecule has 8 N–H and O–H groups in total. The number of nitrogens with zero attached hydrogens (tertiary/aromatic N) is 5. The minimum Gasteiger partial charge on any atom is -0.496 e. The van der Waals surface area contributed by atoms with Crippen LogP contribution < -0.4 is 37.5 Å². The molecule has 5 rings (SSSR count). The van der Waals surface area contributed by atoms with E-state index in [1.165, 1.54) is 0 Å². The number of likely N-dealkylation sites (tertiary alicyclic amines) is 1. The number of rotatable bonds is 22. The van der Waals surface area contributed by atoms with Crippen LogP contribution in [-0.2, 0) is 34.0 Å². The van der Waals surface area contributed by atoms with Crippen molar-refractivity contribution in [2.45, 2.75) is 91.6 Å². The van der Waals surface area contributed by atoms with Crippen molar-refractivity contribution in [3.8, 4) is 5.75 Å². The largest absolute Gasteiger partial charge is 0.496 e. The predicted octanol–water partition coefficient (Wildman–Crippen LogP) is 5.29. The molecule has 3 heterocycles. The fourth-order valence-electron chi connectivity index (χ4n) is 7.04. The van der Waals surface area contributed by atoms with Gasteiger partial charge in [-0.3, -0.25) is 14.5 Å². The number of amides is 5. The summed E-state index contributed by atoms with van der Waals surface area (Å²) in [5, 5.41) is 11.7. The monoisotopic (exact) mass is 841 g/mol. The zero-order chi connectivity index (χ0) is 44.1. The molecule has 61 heavy (non-hydrogen) atoms. The Morgan fingerprint density at radius 1 is 0.934 bits per heavy atom. The van der Waals surface area contributed by atoms with E-state index in [-0.39, 0.29) is 48.8 Å². The summed E-state index contributed by atoms with van der Waals surface area (Å²) < 4.78 is 13.6. The minimum absolute atomic E-state index is 0.0119. The molecule has 17 heteroatoms. The third-order valence-corrected chi connectivity index (χ3v) is 11.2. The van der Waals surface area contributed by atoms with Crippen molar-refractivity contribution >= 4 is 52.4 Å². The first kappa shape index (κ1) is 46.0. The second kappa shape index (κ2) is 21.9. The maximum Gasteiger partial charge on any atom is 0.410 e. The van der Waals surface area contributed by atoms with Gasteiger partial charge in [-0.25, -0.2) is 14.6 Å². The quantitative estimate of drug-likeness (QED) is 0.0558. The molecule has 5 amide bonds. The summed E-state index contributed by atoms with van der Waals surface area (Å²) in [6.07, 6.45) is 5.65.